The number of anilines is 4. The van der Waals surface area contributed by atoms with Gasteiger partial charge in [-0.05, 0) is 74.4 Å². The number of fused-ring (bicyclic) bond motifs is 6. The molecule has 7 heteroatoms. The van der Waals surface area contributed by atoms with Gasteiger partial charge in [0, 0.05) is 81.7 Å². The minimum Gasteiger partial charge on any atom is -0.509 e. The SMILES string of the molecule is CC(C)(C)c1cc(-c2cccc(-c3ccccc3)c2N2[CH-]N(c3[c-]c(Oc4[c-]c5c(cc4)c4sc6ccccc6c4n5-c4cc(C(C)(C)C)ccn4)ccc3)c3ccccc32)cc(C(C)(C)C)c1.[Pt]. The quantitative estimate of drug-likeness (QED) is 0.149. The van der Waals surface area contributed by atoms with E-state index in [1.165, 1.54) is 42.6 Å². The van der Waals surface area contributed by atoms with Crippen molar-refractivity contribution in [3.8, 4) is 39.6 Å². The molecule has 348 valence electrons. The standard InChI is InChI=1S/C62H55N4OS.Pt/c1-60(2,3)42-31-32-63-56(36-42)66-54-38-47(29-30-50(54)59-58(66)51-23-13-16-28-55(51)68-59)67-46-22-17-21-45(37-46)64-39-65(53-27-15-14-26-52(53)64)57-48(40-19-11-10-12-20-40)24-18-25-49(57)41-33-43(61(4,5)6)35-44(34-41)62(7,8)9;/h10-36,39H,1-9H3;/q-3;. The molecule has 0 fully saturated rings. The predicted molar refractivity (Wildman–Crippen MR) is 287 cm³/mol. The average Bonchev–Trinajstić information content (AvgIpc) is 4.00. The minimum atomic E-state index is -0.0403. The first-order valence-electron chi connectivity index (χ1n) is 23.5. The summed E-state index contributed by atoms with van der Waals surface area (Å²) >= 11 is 1.81. The molecule has 0 saturated heterocycles. The van der Waals surface area contributed by atoms with Crippen LogP contribution < -0.4 is 14.5 Å². The van der Waals surface area contributed by atoms with Crippen molar-refractivity contribution in [1.82, 2.24) is 9.55 Å². The third-order valence-corrected chi connectivity index (χ3v) is 14.4. The maximum absolute atomic E-state index is 6.75. The maximum atomic E-state index is 6.75. The van der Waals surface area contributed by atoms with Crippen LogP contribution in [0.2, 0.25) is 0 Å². The summed E-state index contributed by atoms with van der Waals surface area (Å²) in [7, 11) is 0. The monoisotopic (exact) mass is 1100 g/mol. The third kappa shape index (κ3) is 8.46. The first-order chi connectivity index (χ1) is 32.6. The fraction of sp³-hybridized carbons (Fsp3) is 0.194. The van der Waals surface area contributed by atoms with Gasteiger partial charge in [0.05, 0.1) is 5.52 Å². The van der Waals surface area contributed by atoms with Crippen LogP contribution in [0, 0.1) is 18.8 Å². The maximum Gasteiger partial charge on any atom is 0.135 e. The fourth-order valence-electron chi connectivity index (χ4n) is 9.44. The Labute approximate surface area is 425 Å². The van der Waals surface area contributed by atoms with Crippen LogP contribution in [0.3, 0.4) is 0 Å². The molecule has 10 aromatic rings. The van der Waals surface area contributed by atoms with Crippen LogP contribution in [-0.4, -0.2) is 9.55 Å². The molecule has 0 atom stereocenters. The summed E-state index contributed by atoms with van der Waals surface area (Å²) < 4.78 is 11.5. The van der Waals surface area contributed by atoms with E-state index in [0.29, 0.717) is 11.5 Å². The van der Waals surface area contributed by atoms with Gasteiger partial charge in [0.1, 0.15) is 5.82 Å². The molecule has 69 heavy (non-hydrogen) atoms. The van der Waals surface area contributed by atoms with E-state index >= 15 is 0 Å². The van der Waals surface area contributed by atoms with Crippen LogP contribution >= 0.6 is 11.3 Å². The molecule has 0 radical (unpaired) electrons. The second-order valence-electron chi connectivity index (χ2n) is 21.1. The Hall–Kier alpha value is -6.46. The molecule has 4 heterocycles. The summed E-state index contributed by atoms with van der Waals surface area (Å²) in [6, 6.07) is 63.9. The van der Waals surface area contributed by atoms with Crippen molar-refractivity contribution in [2.45, 2.75) is 78.6 Å². The van der Waals surface area contributed by atoms with E-state index in [1.807, 2.05) is 35.7 Å². The summed E-state index contributed by atoms with van der Waals surface area (Å²) in [5.74, 6) is 2.07. The van der Waals surface area contributed by atoms with Crippen LogP contribution in [0.1, 0.15) is 79.0 Å². The molecule has 1 aliphatic heterocycles. The van der Waals surface area contributed by atoms with Gasteiger partial charge in [0.25, 0.3) is 0 Å². The summed E-state index contributed by atoms with van der Waals surface area (Å²) in [5.41, 5.74) is 14.6. The zero-order valence-electron chi connectivity index (χ0n) is 40.6. The van der Waals surface area contributed by atoms with Gasteiger partial charge in [-0.15, -0.1) is 54.0 Å². The number of rotatable bonds is 7. The van der Waals surface area contributed by atoms with Gasteiger partial charge in [-0.2, -0.15) is 12.1 Å². The second kappa shape index (κ2) is 17.5. The van der Waals surface area contributed by atoms with Gasteiger partial charge >= 0.3 is 0 Å². The molecular weight excluding hydrogens is 1040 g/mol. The normalized spacial score (nSPS) is 13.1. The van der Waals surface area contributed by atoms with Gasteiger partial charge in [-0.1, -0.05) is 170 Å². The molecule has 0 bridgehead atoms. The average molecular weight is 1100 g/mol. The van der Waals surface area contributed by atoms with Crippen LogP contribution in [0.25, 0.3) is 59.3 Å². The summed E-state index contributed by atoms with van der Waals surface area (Å²) in [6.45, 7) is 22.8. The Morgan fingerprint density at radius 3 is 1.87 bits per heavy atom. The number of pyridine rings is 1. The van der Waals surface area contributed by atoms with E-state index in [-0.39, 0.29) is 37.3 Å². The third-order valence-electron chi connectivity index (χ3n) is 13.2. The van der Waals surface area contributed by atoms with E-state index in [4.69, 9.17) is 9.72 Å². The van der Waals surface area contributed by atoms with E-state index in [0.717, 1.165) is 56.1 Å². The van der Waals surface area contributed by atoms with E-state index in [2.05, 4.69) is 235 Å². The van der Waals surface area contributed by atoms with Gasteiger partial charge in [0.2, 0.25) is 0 Å². The van der Waals surface area contributed by atoms with Gasteiger partial charge < -0.3 is 19.1 Å². The van der Waals surface area contributed by atoms with Crippen molar-refractivity contribution in [3.05, 3.63) is 199 Å². The Morgan fingerprint density at radius 1 is 0.536 bits per heavy atom. The van der Waals surface area contributed by atoms with Crippen LogP contribution in [0.15, 0.2) is 164 Å². The van der Waals surface area contributed by atoms with Crippen molar-refractivity contribution in [1.29, 1.82) is 0 Å². The summed E-state index contributed by atoms with van der Waals surface area (Å²) in [6.07, 6.45) is 1.92. The molecule has 0 spiro atoms. The number of hydrogen-bond donors (Lipinski definition) is 0. The van der Waals surface area contributed by atoms with Crippen LogP contribution in [0.5, 0.6) is 11.5 Å². The van der Waals surface area contributed by atoms with Crippen molar-refractivity contribution >= 4 is 65.3 Å². The summed E-state index contributed by atoms with van der Waals surface area (Å²) in [5, 5.41) is 2.32. The first-order valence-corrected chi connectivity index (χ1v) is 24.3. The molecule has 0 amide bonds. The molecule has 1 aliphatic rings. The number of aromatic nitrogens is 2. The van der Waals surface area contributed by atoms with Crippen molar-refractivity contribution in [2.24, 2.45) is 0 Å². The molecular formula is C62H55N4OPtS-3. The van der Waals surface area contributed by atoms with Crippen LogP contribution in [-0.2, 0) is 37.3 Å². The first kappa shape index (κ1) is 46.3. The molecule has 0 unspecified atom stereocenters. The summed E-state index contributed by atoms with van der Waals surface area (Å²) in [4.78, 5) is 9.55. The van der Waals surface area contributed by atoms with Gasteiger partial charge in [-0.25, -0.2) is 4.98 Å². The number of ether oxygens (including phenoxy) is 1. The van der Waals surface area contributed by atoms with E-state index < -0.39 is 0 Å². The Morgan fingerprint density at radius 2 is 1.16 bits per heavy atom. The Bertz CT molecular complexity index is 3520. The van der Waals surface area contributed by atoms with Crippen LogP contribution in [0.4, 0.5) is 22.7 Å². The Kier molecular flexibility index (Phi) is 11.7. The molecule has 3 aromatic heterocycles. The minimum absolute atomic E-state index is 0. The molecule has 0 saturated carbocycles. The molecule has 11 rings (SSSR count). The smallest absolute Gasteiger partial charge is 0.135 e. The Balaban J connectivity index is 0.00000553. The number of thiophene rings is 1. The van der Waals surface area contributed by atoms with Crippen molar-refractivity contribution in [2.75, 3.05) is 9.80 Å². The largest absolute Gasteiger partial charge is 0.509 e. The predicted octanol–water partition coefficient (Wildman–Crippen LogP) is 17.4. The number of hydrogen-bond acceptors (Lipinski definition) is 5. The van der Waals surface area contributed by atoms with Crippen molar-refractivity contribution < 1.29 is 25.8 Å². The van der Waals surface area contributed by atoms with Gasteiger partial charge in [-0.3, -0.25) is 0 Å². The zero-order chi connectivity index (χ0) is 47.1. The molecule has 5 nitrogen and oxygen atoms in total. The molecule has 0 N–H and O–H groups in total. The van der Waals surface area contributed by atoms with Crippen molar-refractivity contribution in [3.63, 3.8) is 0 Å². The number of nitrogens with zero attached hydrogens (tertiary/aromatic N) is 4. The molecule has 7 aromatic carbocycles. The second-order valence-corrected chi connectivity index (χ2v) is 22.1. The topological polar surface area (TPSA) is 33.5 Å². The number of benzene rings is 7. The van der Waals surface area contributed by atoms with E-state index in [1.54, 1.807) is 0 Å². The molecule has 0 aliphatic carbocycles. The zero-order valence-corrected chi connectivity index (χ0v) is 43.7. The number of para-hydroxylation sites is 3. The van der Waals surface area contributed by atoms with Gasteiger partial charge in [0.15, 0.2) is 0 Å². The van der Waals surface area contributed by atoms with E-state index in [9.17, 15) is 0 Å². The fourth-order valence-corrected chi connectivity index (χ4v) is 10.7.